The van der Waals surface area contributed by atoms with Crippen LogP contribution >= 0.6 is 11.6 Å². The second-order valence-corrected chi connectivity index (χ2v) is 8.27. The Kier molecular flexibility index (Phi) is 6.33. The molecule has 2 aromatic rings. The molecule has 0 unspecified atom stereocenters. The van der Waals surface area contributed by atoms with Gasteiger partial charge in [0.15, 0.2) is 0 Å². The van der Waals surface area contributed by atoms with Crippen LogP contribution in [0.3, 0.4) is 0 Å². The number of halogens is 1. The first-order valence-corrected chi connectivity index (χ1v) is 10.2. The average Bonchev–Trinajstić information content (AvgIpc) is 2.69. The summed E-state index contributed by atoms with van der Waals surface area (Å²) in [6, 6.07) is 13.3. The lowest BCUT2D eigenvalue weighted by Crippen LogP contribution is -2.40. The molecule has 0 spiro atoms. The predicted octanol–water partition coefficient (Wildman–Crippen LogP) is 2.41. The van der Waals surface area contributed by atoms with Crippen LogP contribution in [0, 0.1) is 0 Å². The largest absolute Gasteiger partial charge is 0.379 e. The summed E-state index contributed by atoms with van der Waals surface area (Å²) in [4.78, 5) is 12.2. The number of morpholine rings is 1. The summed E-state index contributed by atoms with van der Waals surface area (Å²) in [6.45, 7) is 1.54. The van der Waals surface area contributed by atoms with E-state index in [9.17, 15) is 13.2 Å². The van der Waals surface area contributed by atoms with E-state index in [1.54, 1.807) is 36.4 Å². The highest BCUT2D eigenvalue weighted by Crippen LogP contribution is 2.21. The number of hydrogen-bond acceptors (Lipinski definition) is 5. The van der Waals surface area contributed by atoms with Gasteiger partial charge in [0.1, 0.15) is 0 Å². The molecule has 0 saturated carbocycles. The molecule has 3 rings (SSSR count). The van der Waals surface area contributed by atoms with Crippen LogP contribution in [-0.4, -0.2) is 51.5 Å². The molecule has 0 atom stereocenters. The van der Waals surface area contributed by atoms with E-state index in [-0.39, 0.29) is 17.3 Å². The fourth-order valence-electron chi connectivity index (χ4n) is 2.62. The van der Waals surface area contributed by atoms with Gasteiger partial charge in [-0.25, -0.2) is 8.42 Å². The van der Waals surface area contributed by atoms with Crippen LogP contribution in [0.5, 0.6) is 0 Å². The number of amides is 1. The van der Waals surface area contributed by atoms with E-state index in [1.165, 1.54) is 16.4 Å². The molecule has 1 heterocycles. The molecule has 1 fully saturated rings. The minimum atomic E-state index is -3.52. The monoisotopic (exact) mass is 409 g/mol. The predicted molar refractivity (Wildman–Crippen MR) is 105 cm³/mol. The smallest absolute Gasteiger partial charge is 0.243 e. The van der Waals surface area contributed by atoms with Gasteiger partial charge >= 0.3 is 0 Å². The molecular weight excluding hydrogens is 390 g/mol. The molecule has 2 aromatic carbocycles. The van der Waals surface area contributed by atoms with Crippen LogP contribution in [0.15, 0.2) is 53.4 Å². The molecule has 144 valence electrons. The Balaban J connectivity index is 1.57. The van der Waals surface area contributed by atoms with Crippen molar-refractivity contribution >= 4 is 38.9 Å². The van der Waals surface area contributed by atoms with Crippen molar-refractivity contribution < 1.29 is 17.9 Å². The second kappa shape index (κ2) is 8.71. The second-order valence-electron chi connectivity index (χ2n) is 5.92. The van der Waals surface area contributed by atoms with Crippen molar-refractivity contribution in [3.63, 3.8) is 0 Å². The highest BCUT2D eigenvalue weighted by molar-refractivity contribution is 7.89. The Bertz CT molecular complexity index is 897. The van der Waals surface area contributed by atoms with Gasteiger partial charge in [-0.3, -0.25) is 4.79 Å². The molecule has 1 aliphatic heterocycles. The van der Waals surface area contributed by atoms with Gasteiger partial charge in [-0.2, -0.15) is 4.31 Å². The van der Waals surface area contributed by atoms with Gasteiger partial charge in [-0.1, -0.05) is 23.7 Å². The van der Waals surface area contributed by atoms with E-state index in [0.29, 0.717) is 42.7 Å². The first kappa shape index (κ1) is 19.6. The Morgan fingerprint density at radius 1 is 1.07 bits per heavy atom. The van der Waals surface area contributed by atoms with Crippen LogP contribution in [0.25, 0.3) is 0 Å². The number of para-hydroxylation sites is 1. The molecule has 1 amide bonds. The van der Waals surface area contributed by atoms with Gasteiger partial charge in [0, 0.05) is 18.8 Å². The summed E-state index contributed by atoms with van der Waals surface area (Å²) < 4.78 is 31.8. The third-order valence-electron chi connectivity index (χ3n) is 4.06. The molecule has 0 aliphatic carbocycles. The van der Waals surface area contributed by atoms with E-state index < -0.39 is 10.0 Å². The maximum atomic E-state index is 12.6. The molecular formula is C18H20ClN3O4S. The number of sulfonamides is 1. The summed E-state index contributed by atoms with van der Waals surface area (Å²) in [5.74, 6) is -0.256. The summed E-state index contributed by atoms with van der Waals surface area (Å²) in [7, 11) is -3.52. The molecule has 1 aliphatic rings. The molecule has 7 nitrogen and oxygen atoms in total. The minimum absolute atomic E-state index is 0.0286. The lowest BCUT2D eigenvalue weighted by molar-refractivity contribution is -0.114. The van der Waals surface area contributed by atoms with Crippen molar-refractivity contribution in [3.05, 3.63) is 53.6 Å². The van der Waals surface area contributed by atoms with Crippen LogP contribution in [0.1, 0.15) is 0 Å². The summed E-state index contributed by atoms with van der Waals surface area (Å²) in [5, 5.41) is 6.13. The fourth-order valence-corrected chi connectivity index (χ4v) is 4.21. The molecule has 27 heavy (non-hydrogen) atoms. The van der Waals surface area contributed by atoms with E-state index >= 15 is 0 Å². The zero-order chi connectivity index (χ0) is 19.3. The highest BCUT2D eigenvalue weighted by atomic mass is 35.5. The SMILES string of the molecule is O=C(CNc1ccc(S(=O)(=O)N2CCOCC2)cc1)Nc1ccccc1Cl. The molecule has 1 saturated heterocycles. The number of nitrogens with zero attached hydrogens (tertiary/aromatic N) is 1. The van der Waals surface area contributed by atoms with Gasteiger partial charge in [0.25, 0.3) is 0 Å². The number of ether oxygens (including phenoxy) is 1. The zero-order valence-corrected chi connectivity index (χ0v) is 16.1. The van der Waals surface area contributed by atoms with Gasteiger partial charge < -0.3 is 15.4 Å². The van der Waals surface area contributed by atoms with E-state index in [2.05, 4.69) is 10.6 Å². The van der Waals surface area contributed by atoms with Gasteiger partial charge in [0.05, 0.1) is 35.4 Å². The molecule has 0 aromatic heterocycles. The number of carbonyl (C=O) groups excluding carboxylic acids is 1. The summed E-state index contributed by atoms with van der Waals surface area (Å²) in [6.07, 6.45) is 0. The van der Waals surface area contributed by atoms with E-state index in [1.807, 2.05) is 0 Å². The van der Waals surface area contributed by atoms with Crippen molar-refractivity contribution in [3.8, 4) is 0 Å². The summed E-state index contributed by atoms with van der Waals surface area (Å²) >= 11 is 6.01. The molecule has 2 N–H and O–H groups in total. The maximum absolute atomic E-state index is 12.6. The van der Waals surface area contributed by atoms with Gasteiger partial charge in [-0.05, 0) is 36.4 Å². The van der Waals surface area contributed by atoms with Crippen molar-refractivity contribution in [2.75, 3.05) is 43.5 Å². The average molecular weight is 410 g/mol. The number of hydrogen-bond donors (Lipinski definition) is 2. The minimum Gasteiger partial charge on any atom is -0.379 e. The summed E-state index contributed by atoms with van der Waals surface area (Å²) in [5.41, 5.74) is 1.18. The number of nitrogens with one attached hydrogen (secondary N) is 2. The lowest BCUT2D eigenvalue weighted by atomic mass is 10.3. The quantitative estimate of drug-likeness (QED) is 0.765. The maximum Gasteiger partial charge on any atom is 0.243 e. The number of anilines is 2. The molecule has 9 heteroatoms. The van der Waals surface area contributed by atoms with Crippen molar-refractivity contribution in [1.82, 2.24) is 4.31 Å². The first-order valence-electron chi connectivity index (χ1n) is 8.43. The molecule has 0 bridgehead atoms. The van der Waals surface area contributed by atoms with Crippen LogP contribution in [-0.2, 0) is 19.6 Å². The van der Waals surface area contributed by atoms with Crippen LogP contribution < -0.4 is 10.6 Å². The fraction of sp³-hybridized carbons (Fsp3) is 0.278. The highest BCUT2D eigenvalue weighted by Gasteiger charge is 2.26. The van der Waals surface area contributed by atoms with Crippen LogP contribution in [0.4, 0.5) is 11.4 Å². The van der Waals surface area contributed by atoms with E-state index in [0.717, 1.165) is 0 Å². The number of carbonyl (C=O) groups is 1. The normalized spacial score (nSPS) is 15.3. The van der Waals surface area contributed by atoms with Gasteiger partial charge in [-0.15, -0.1) is 0 Å². The van der Waals surface area contributed by atoms with Gasteiger partial charge in [0.2, 0.25) is 15.9 Å². The standard InChI is InChI=1S/C18H20ClN3O4S/c19-16-3-1-2-4-17(16)21-18(23)13-20-14-5-7-15(8-6-14)27(24,25)22-9-11-26-12-10-22/h1-8,20H,9-13H2,(H,21,23). The first-order chi connectivity index (χ1) is 13.0. The Labute approximate surface area is 163 Å². The zero-order valence-electron chi connectivity index (χ0n) is 14.5. The van der Waals surface area contributed by atoms with Crippen molar-refractivity contribution in [2.24, 2.45) is 0 Å². The lowest BCUT2D eigenvalue weighted by Gasteiger charge is -2.26. The van der Waals surface area contributed by atoms with Crippen molar-refractivity contribution in [1.29, 1.82) is 0 Å². The van der Waals surface area contributed by atoms with Crippen LogP contribution in [0.2, 0.25) is 5.02 Å². The third kappa shape index (κ3) is 4.98. The Morgan fingerprint density at radius 3 is 2.41 bits per heavy atom. The molecule has 0 radical (unpaired) electrons. The van der Waals surface area contributed by atoms with Crippen molar-refractivity contribution in [2.45, 2.75) is 4.90 Å². The Hall–Kier alpha value is -2.13. The third-order valence-corrected chi connectivity index (χ3v) is 6.31. The number of rotatable bonds is 6. The topological polar surface area (TPSA) is 87.7 Å². The van der Waals surface area contributed by atoms with E-state index in [4.69, 9.17) is 16.3 Å². The Morgan fingerprint density at radius 2 is 1.74 bits per heavy atom. The number of benzene rings is 2.